The van der Waals surface area contributed by atoms with Crippen LogP contribution in [0.15, 0.2) is 24.3 Å². The Morgan fingerprint density at radius 2 is 2.12 bits per heavy atom. The fourth-order valence-corrected chi connectivity index (χ4v) is 2.17. The molecule has 0 radical (unpaired) electrons. The summed E-state index contributed by atoms with van der Waals surface area (Å²) in [5.74, 6) is -0.572. The Hall–Kier alpha value is -2.48. The van der Waals surface area contributed by atoms with Crippen molar-refractivity contribution in [2.75, 3.05) is 0 Å². The van der Waals surface area contributed by atoms with E-state index in [1.165, 1.54) is 6.92 Å². The Bertz CT molecular complexity index is 719. The molecule has 1 aromatic heterocycles. The molecule has 0 aliphatic carbocycles. The number of ether oxygens (including phenoxy) is 1. The molecule has 1 heterocycles. The predicted molar refractivity (Wildman–Crippen MR) is 86.3 cm³/mol. The van der Waals surface area contributed by atoms with Gasteiger partial charge in [0.1, 0.15) is 6.04 Å². The quantitative estimate of drug-likeness (QED) is 0.761. The van der Waals surface area contributed by atoms with Crippen LogP contribution in [0.25, 0.3) is 0 Å². The minimum Gasteiger partial charge on any atom is -0.456 e. The van der Waals surface area contributed by atoms with Crippen LogP contribution in [0.1, 0.15) is 36.5 Å². The topological polar surface area (TPSA) is 99.0 Å². The fraction of sp³-hybridized carbons (Fsp3) is 0.400. The van der Waals surface area contributed by atoms with Crippen molar-refractivity contribution >= 4 is 23.5 Å². The zero-order valence-corrected chi connectivity index (χ0v) is 14.2. The van der Waals surface area contributed by atoms with E-state index in [4.69, 9.17) is 16.3 Å². The Kier molecular flexibility index (Phi) is 6.25. The van der Waals surface area contributed by atoms with Gasteiger partial charge in [0.25, 0.3) is 5.91 Å². The van der Waals surface area contributed by atoms with Crippen LogP contribution in [0.5, 0.6) is 0 Å². The van der Waals surface area contributed by atoms with Gasteiger partial charge in [0, 0.05) is 6.54 Å². The number of aryl methyl sites for hydroxylation is 1. The number of carbonyl (C=O) groups excluding carboxylic acids is 2. The molecule has 0 unspecified atom stereocenters. The Labute approximate surface area is 144 Å². The molecule has 24 heavy (non-hydrogen) atoms. The van der Waals surface area contributed by atoms with E-state index in [0.717, 1.165) is 6.42 Å². The molecule has 1 amide bonds. The molecule has 0 aliphatic rings. The molecule has 1 aromatic carbocycles. The van der Waals surface area contributed by atoms with Crippen molar-refractivity contribution in [3.8, 4) is 0 Å². The number of halogens is 1. The molecule has 1 atom stereocenters. The van der Waals surface area contributed by atoms with Crippen molar-refractivity contribution in [1.29, 1.82) is 0 Å². The summed E-state index contributed by atoms with van der Waals surface area (Å²) < 4.78 is 6.72. The third-order valence-corrected chi connectivity index (χ3v) is 3.53. The van der Waals surface area contributed by atoms with Crippen LogP contribution in [0.4, 0.5) is 0 Å². The molecule has 0 fully saturated rings. The SMILES string of the molecule is CCCn1nnnc1COC(=O)[C@H](C)NC(=O)c1ccccc1Cl. The highest BCUT2D eigenvalue weighted by molar-refractivity contribution is 6.33. The summed E-state index contributed by atoms with van der Waals surface area (Å²) in [5, 5.41) is 14.0. The summed E-state index contributed by atoms with van der Waals surface area (Å²) in [7, 11) is 0. The normalized spacial score (nSPS) is 11.8. The van der Waals surface area contributed by atoms with Crippen LogP contribution >= 0.6 is 11.6 Å². The van der Waals surface area contributed by atoms with Gasteiger partial charge in [-0.05, 0) is 35.9 Å². The van der Waals surface area contributed by atoms with E-state index in [0.29, 0.717) is 23.0 Å². The van der Waals surface area contributed by atoms with Crippen molar-refractivity contribution in [2.24, 2.45) is 0 Å². The number of tetrazole rings is 1. The number of hydrogen-bond acceptors (Lipinski definition) is 6. The lowest BCUT2D eigenvalue weighted by Gasteiger charge is -2.13. The third kappa shape index (κ3) is 4.51. The second kappa shape index (κ2) is 8.39. The van der Waals surface area contributed by atoms with E-state index in [2.05, 4.69) is 20.8 Å². The fourth-order valence-electron chi connectivity index (χ4n) is 1.95. The van der Waals surface area contributed by atoms with Gasteiger partial charge in [-0.3, -0.25) is 4.79 Å². The lowest BCUT2D eigenvalue weighted by Crippen LogP contribution is -2.39. The van der Waals surface area contributed by atoms with Gasteiger partial charge in [0.05, 0.1) is 10.6 Å². The van der Waals surface area contributed by atoms with Crippen molar-refractivity contribution < 1.29 is 14.3 Å². The largest absolute Gasteiger partial charge is 0.456 e. The van der Waals surface area contributed by atoms with E-state index >= 15 is 0 Å². The minimum atomic E-state index is -0.829. The third-order valence-electron chi connectivity index (χ3n) is 3.20. The van der Waals surface area contributed by atoms with Crippen LogP contribution < -0.4 is 5.32 Å². The summed E-state index contributed by atoms with van der Waals surface area (Å²) in [4.78, 5) is 24.1. The molecule has 2 rings (SSSR count). The Morgan fingerprint density at radius 3 is 2.83 bits per heavy atom. The van der Waals surface area contributed by atoms with Crippen molar-refractivity contribution in [1.82, 2.24) is 25.5 Å². The van der Waals surface area contributed by atoms with Crippen LogP contribution in [0.3, 0.4) is 0 Å². The standard InChI is InChI=1S/C15H18ClN5O3/c1-3-8-21-13(18-19-20-21)9-24-15(23)10(2)17-14(22)11-6-4-5-7-12(11)16/h4-7,10H,3,8-9H2,1-2H3,(H,17,22)/t10-/m0/s1. The molecule has 0 spiro atoms. The molecule has 0 bridgehead atoms. The van der Waals surface area contributed by atoms with Gasteiger partial charge in [-0.1, -0.05) is 30.7 Å². The average Bonchev–Trinajstić information content (AvgIpc) is 3.00. The first-order chi connectivity index (χ1) is 11.5. The van der Waals surface area contributed by atoms with Crippen LogP contribution in [-0.4, -0.2) is 38.1 Å². The number of hydrogen-bond donors (Lipinski definition) is 1. The summed E-state index contributed by atoms with van der Waals surface area (Å²) >= 11 is 5.96. The molecular formula is C15H18ClN5O3. The number of carbonyl (C=O) groups is 2. The molecule has 1 N–H and O–H groups in total. The molecule has 2 aromatic rings. The highest BCUT2D eigenvalue weighted by Gasteiger charge is 2.20. The molecule has 0 aliphatic heterocycles. The van der Waals surface area contributed by atoms with Gasteiger partial charge < -0.3 is 10.1 Å². The number of rotatable bonds is 7. The number of amides is 1. The van der Waals surface area contributed by atoms with Crippen LogP contribution in [0, 0.1) is 0 Å². The van der Waals surface area contributed by atoms with Gasteiger partial charge in [-0.25, -0.2) is 9.48 Å². The zero-order chi connectivity index (χ0) is 17.5. The Morgan fingerprint density at radius 1 is 1.38 bits per heavy atom. The number of esters is 1. The van der Waals surface area contributed by atoms with E-state index in [1.54, 1.807) is 28.9 Å². The molecular weight excluding hydrogens is 334 g/mol. The molecule has 8 nitrogen and oxygen atoms in total. The number of nitrogens with one attached hydrogen (secondary N) is 1. The Balaban J connectivity index is 1.89. The summed E-state index contributed by atoms with van der Waals surface area (Å²) in [5.41, 5.74) is 0.297. The highest BCUT2D eigenvalue weighted by atomic mass is 35.5. The van der Waals surface area contributed by atoms with E-state index in [9.17, 15) is 9.59 Å². The smallest absolute Gasteiger partial charge is 0.328 e. The molecule has 0 saturated carbocycles. The summed E-state index contributed by atoms with van der Waals surface area (Å²) in [6.45, 7) is 4.10. The van der Waals surface area contributed by atoms with Crippen molar-refractivity contribution in [3.05, 3.63) is 40.7 Å². The van der Waals surface area contributed by atoms with Crippen molar-refractivity contribution in [2.45, 2.75) is 39.5 Å². The van der Waals surface area contributed by atoms with E-state index in [1.807, 2.05) is 6.92 Å². The lowest BCUT2D eigenvalue weighted by atomic mass is 10.2. The minimum absolute atomic E-state index is 0.0574. The van der Waals surface area contributed by atoms with Gasteiger partial charge in [0.15, 0.2) is 12.4 Å². The zero-order valence-electron chi connectivity index (χ0n) is 13.4. The van der Waals surface area contributed by atoms with Crippen LogP contribution in [-0.2, 0) is 22.7 Å². The first-order valence-corrected chi connectivity index (χ1v) is 7.87. The average molecular weight is 352 g/mol. The molecule has 128 valence electrons. The predicted octanol–water partition coefficient (Wildman–Crippen LogP) is 1.60. The summed E-state index contributed by atoms with van der Waals surface area (Å²) in [6, 6.07) is 5.76. The van der Waals surface area contributed by atoms with Crippen LogP contribution in [0.2, 0.25) is 5.02 Å². The summed E-state index contributed by atoms with van der Waals surface area (Å²) in [6.07, 6.45) is 0.857. The molecule has 9 heteroatoms. The molecule has 0 saturated heterocycles. The maximum absolute atomic E-state index is 12.1. The van der Waals surface area contributed by atoms with Gasteiger partial charge in [0.2, 0.25) is 0 Å². The van der Waals surface area contributed by atoms with E-state index < -0.39 is 17.9 Å². The first-order valence-electron chi connectivity index (χ1n) is 7.50. The monoisotopic (exact) mass is 351 g/mol. The second-order valence-electron chi connectivity index (χ2n) is 5.10. The maximum atomic E-state index is 12.1. The van der Waals surface area contributed by atoms with Gasteiger partial charge in [-0.15, -0.1) is 5.10 Å². The van der Waals surface area contributed by atoms with E-state index in [-0.39, 0.29) is 6.61 Å². The number of benzene rings is 1. The van der Waals surface area contributed by atoms with Gasteiger partial charge >= 0.3 is 5.97 Å². The number of aromatic nitrogens is 4. The van der Waals surface area contributed by atoms with Crippen molar-refractivity contribution in [3.63, 3.8) is 0 Å². The second-order valence-corrected chi connectivity index (χ2v) is 5.51. The highest BCUT2D eigenvalue weighted by Crippen LogP contribution is 2.14. The number of nitrogens with zero attached hydrogens (tertiary/aromatic N) is 4. The maximum Gasteiger partial charge on any atom is 0.328 e. The lowest BCUT2D eigenvalue weighted by molar-refractivity contribution is -0.147. The van der Waals surface area contributed by atoms with Gasteiger partial charge in [-0.2, -0.15) is 0 Å². The first kappa shape index (κ1) is 17.9.